The van der Waals surface area contributed by atoms with E-state index in [1.165, 1.54) is 4.90 Å². The number of hydrogen-bond acceptors (Lipinski definition) is 5. The maximum absolute atomic E-state index is 15.2. The lowest BCUT2D eigenvalue weighted by Gasteiger charge is -2.36. The van der Waals surface area contributed by atoms with Crippen LogP contribution < -0.4 is 11.1 Å². The molecular weight excluding hydrogens is 487 g/mol. The molecule has 9 heteroatoms. The van der Waals surface area contributed by atoms with Crippen molar-refractivity contribution in [3.8, 4) is 0 Å². The van der Waals surface area contributed by atoms with E-state index in [1.54, 1.807) is 32.9 Å². The monoisotopic (exact) mass is 530 g/mol. The topological polar surface area (TPSA) is 105 Å². The summed E-state index contributed by atoms with van der Waals surface area (Å²) in [5.74, 6) is -1.26. The standard InChI is InChI=1S/C29H43FN4O4/c1-29(2,3)38-28(37)34-22-13-10-20(14-22)25(34)27(36)32-24(26(31)35)16-19-7-6-18(15-23(19)30)17-8-11-21(12-9-17)33(4)5/h6-7,15,17,20-22,24-25H,8-14,16H2,1-5H3,(H2,31,35)(H,32,36)/t17?,20-,21?,22+,24-,25-/m0/s1. The number of fused-ring (bicyclic) bond motifs is 2. The van der Waals surface area contributed by atoms with Gasteiger partial charge in [0, 0.05) is 18.5 Å². The first-order valence-corrected chi connectivity index (χ1v) is 13.9. The molecule has 1 aromatic carbocycles. The van der Waals surface area contributed by atoms with Gasteiger partial charge in [0.2, 0.25) is 11.8 Å². The molecule has 2 saturated carbocycles. The number of carbonyl (C=O) groups excluding carboxylic acids is 3. The van der Waals surface area contributed by atoms with Gasteiger partial charge in [-0.15, -0.1) is 0 Å². The molecule has 1 aromatic rings. The molecule has 1 aliphatic heterocycles. The van der Waals surface area contributed by atoms with E-state index in [2.05, 4.69) is 24.3 Å². The summed E-state index contributed by atoms with van der Waals surface area (Å²) < 4.78 is 20.7. The average molecular weight is 531 g/mol. The number of piperidine rings is 1. The molecule has 3 aliphatic rings. The van der Waals surface area contributed by atoms with Crippen molar-refractivity contribution in [2.24, 2.45) is 11.7 Å². The number of nitrogens with zero attached hydrogens (tertiary/aromatic N) is 2. The van der Waals surface area contributed by atoms with Crippen LogP contribution in [-0.4, -0.2) is 71.6 Å². The van der Waals surface area contributed by atoms with Crippen LogP contribution in [0.2, 0.25) is 0 Å². The van der Waals surface area contributed by atoms with Crippen LogP contribution in [0.4, 0.5) is 9.18 Å². The Morgan fingerprint density at radius 3 is 2.39 bits per heavy atom. The average Bonchev–Trinajstić information content (AvgIpc) is 3.45. The van der Waals surface area contributed by atoms with Crippen molar-refractivity contribution in [3.63, 3.8) is 0 Å². The van der Waals surface area contributed by atoms with Crippen LogP contribution in [0.25, 0.3) is 0 Å². The molecular formula is C29H43FN4O4. The molecule has 2 bridgehead atoms. The van der Waals surface area contributed by atoms with Gasteiger partial charge in [-0.2, -0.15) is 0 Å². The zero-order chi connectivity index (χ0) is 27.8. The first-order valence-electron chi connectivity index (χ1n) is 13.9. The molecule has 38 heavy (non-hydrogen) atoms. The molecule has 8 nitrogen and oxygen atoms in total. The van der Waals surface area contributed by atoms with E-state index >= 15 is 4.39 Å². The summed E-state index contributed by atoms with van der Waals surface area (Å²) >= 11 is 0. The Morgan fingerprint density at radius 2 is 1.82 bits per heavy atom. The van der Waals surface area contributed by atoms with Crippen molar-refractivity contribution < 1.29 is 23.5 Å². The van der Waals surface area contributed by atoms with Crippen LogP contribution in [0.15, 0.2) is 18.2 Å². The minimum absolute atomic E-state index is 0.000323. The van der Waals surface area contributed by atoms with Crippen molar-refractivity contribution in [2.75, 3.05) is 14.1 Å². The minimum Gasteiger partial charge on any atom is -0.444 e. The Bertz CT molecular complexity index is 1050. The molecule has 0 radical (unpaired) electrons. The van der Waals surface area contributed by atoms with E-state index in [1.807, 2.05) is 6.07 Å². The highest BCUT2D eigenvalue weighted by Gasteiger charge is 2.52. The number of hydrogen-bond donors (Lipinski definition) is 2. The van der Waals surface area contributed by atoms with Gasteiger partial charge in [0.1, 0.15) is 23.5 Å². The maximum Gasteiger partial charge on any atom is 0.411 e. The highest BCUT2D eigenvalue weighted by atomic mass is 19.1. The second-order valence-electron chi connectivity index (χ2n) is 12.5. The van der Waals surface area contributed by atoms with E-state index in [4.69, 9.17) is 10.5 Å². The van der Waals surface area contributed by atoms with Gasteiger partial charge in [-0.1, -0.05) is 12.1 Å². The maximum atomic E-state index is 15.2. The third kappa shape index (κ3) is 6.30. The van der Waals surface area contributed by atoms with Crippen LogP contribution >= 0.6 is 0 Å². The number of carbonyl (C=O) groups is 3. The van der Waals surface area contributed by atoms with Crippen molar-refractivity contribution in [3.05, 3.63) is 35.1 Å². The molecule has 0 aromatic heterocycles. The van der Waals surface area contributed by atoms with E-state index in [9.17, 15) is 14.4 Å². The summed E-state index contributed by atoms with van der Waals surface area (Å²) in [4.78, 5) is 42.4. The number of ether oxygens (including phenoxy) is 1. The van der Waals surface area contributed by atoms with E-state index in [-0.39, 0.29) is 18.4 Å². The zero-order valence-electron chi connectivity index (χ0n) is 23.3. The third-order valence-electron chi connectivity index (χ3n) is 8.52. The van der Waals surface area contributed by atoms with Crippen LogP contribution in [0, 0.1) is 11.7 Å². The molecule has 0 spiro atoms. The Balaban J connectivity index is 1.42. The number of likely N-dealkylation sites (tertiary alicyclic amines) is 1. The lowest BCUT2D eigenvalue weighted by atomic mass is 9.81. The van der Waals surface area contributed by atoms with E-state index in [0.29, 0.717) is 17.5 Å². The van der Waals surface area contributed by atoms with Gasteiger partial charge in [-0.3, -0.25) is 14.5 Å². The van der Waals surface area contributed by atoms with Gasteiger partial charge in [0.05, 0.1) is 0 Å². The molecule has 3 fully saturated rings. The first-order chi connectivity index (χ1) is 17.8. The summed E-state index contributed by atoms with van der Waals surface area (Å²) in [7, 11) is 4.19. The fourth-order valence-corrected chi connectivity index (χ4v) is 6.51. The van der Waals surface area contributed by atoms with Gasteiger partial charge in [-0.25, -0.2) is 9.18 Å². The number of halogens is 1. The largest absolute Gasteiger partial charge is 0.444 e. The van der Waals surface area contributed by atoms with Crippen molar-refractivity contribution >= 4 is 17.9 Å². The minimum atomic E-state index is -1.09. The Kier molecular flexibility index (Phi) is 8.35. The Morgan fingerprint density at radius 1 is 1.13 bits per heavy atom. The predicted octanol–water partition coefficient (Wildman–Crippen LogP) is 3.71. The van der Waals surface area contributed by atoms with Gasteiger partial charge in [0.25, 0.3) is 0 Å². The van der Waals surface area contributed by atoms with Crippen LogP contribution in [-0.2, 0) is 20.7 Å². The molecule has 1 heterocycles. The molecule has 4 atom stereocenters. The fraction of sp³-hybridized carbons (Fsp3) is 0.690. The van der Waals surface area contributed by atoms with Gasteiger partial charge < -0.3 is 20.7 Å². The van der Waals surface area contributed by atoms with E-state index < -0.39 is 41.4 Å². The molecule has 0 unspecified atom stereocenters. The summed E-state index contributed by atoms with van der Waals surface area (Å²) in [5, 5.41) is 2.73. The van der Waals surface area contributed by atoms with Gasteiger partial charge in [-0.05, 0) is 109 Å². The Hall–Kier alpha value is -2.68. The Labute approximate surface area is 225 Å². The highest BCUT2D eigenvalue weighted by molar-refractivity contribution is 5.91. The number of nitrogens with two attached hydrogens (primary N) is 1. The van der Waals surface area contributed by atoms with Crippen molar-refractivity contribution in [1.82, 2.24) is 15.1 Å². The van der Waals surface area contributed by atoms with Crippen molar-refractivity contribution in [1.29, 1.82) is 0 Å². The molecule has 210 valence electrons. The summed E-state index contributed by atoms with van der Waals surface area (Å²) in [6.07, 6.45) is 6.00. The highest BCUT2D eigenvalue weighted by Crippen LogP contribution is 2.43. The number of benzene rings is 1. The van der Waals surface area contributed by atoms with Gasteiger partial charge >= 0.3 is 6.09 Å². The second kappa shape index (κ2) is 11.2. The molecule has 3 N–H and O–H groups in total. The molecule has 1 saturated heterocycles. The number of rotatable bonds is 7. The molecule has 4 rings (SSSR count). The number of nitrogens with one attached hydrogen (secondary N) is 1. The van der Waals surface area contributed by atoms with Crippen LogP contribution in [0.5, 0.6) is 0 Å². The molecule has 2 aliphatic carbocycles. The summed E-state index contributed by atoms with van der Waals surface area (Å²) in [6, 6.07) is 3.89. The van der Waals surface area contributed by atoms with E-state index in [0.717, 1.165) is 50.5 Å². The third-order valence-corrected chi connectivity index (χ3v) is 8.52. The normalized spacial score (nSPS) is 27.9. The number of amides is 3. The fourth-order valence-electron chi connectivity index (χ4n) is 6.51. The predicted molar refractivity (Wildman–Crippen MR) is 143 cm³/mol. The lowest BCUT2D eigenvalue weighted by molar-refractivity contribution is -0.132. The zero-order valence-corrected chi connectivity index (χ0v) is 23.3. The first kappa shape index (κ1) is 28.3. The quantitative estimate of drug-likeness (QED) is 0.559. The van der Waals surface area contributed by atoms with Crippen LogP contribution in [0.3, 0.4) is 0 Å². The molecule has 3 amide bonds. The van der Waals surface area contributed by atoms with Crippen LogP contribution in [0.1, 0.15) is 82.8 Å². The van der Waals surface area contributed by atoms with Crippen molar-refractivity contribution in [2.45, 2.75) is 108 Å². The lowest BCUT2D eigenvalue weighted by Crippen LogP contribution is -2.57. The smallest absolute Gasteiger partial charge is 0.411 e. The SMILES string of the molecule is CN(C)C1CCC(c2ccc(C[C@H](NC(=O)[C@@H]3[C@H]4CC[C@H](C4)N3C(=O)OC(C)(C)C)C(N)=O)c(F)c2)CC1. The second-order valence-corrected chi connectivity index (χ2v) is 12.5. The number of primary amides is 1. The summed E-state index contributed by atoms with van der Waals surface area (Å²) in [5.41, 5.74) is 6.25. The summed E-state index contributed by atoms with van der Waals surface area (Å²) in [6.45, 7) is 5.35. The van der Waals surface area contributed by atoms with Gasteiger partial charge in [0.15, 0.2) is 0 Å².